The number of hydrogen-bond acceptors (Lipinski definition) is 4. The van der Waals surface area contributed by atoms with E-state index in [9.17, 15) is 18.0 Å². The third-order valence-electron chi connectivity index (χ3n) is 5.03. The fourth-order valence-corrected chi connectivity index (χ4v) is 3.64. The highest BCUT2D eigenvalue weighted by Crippen LogP contribution is 2.33. The van der Waals surface area contributed by atoms with Crippen molar-refractivity contribution in [3.8, 4) is 5.88 Å². The maximum Gasteiger partial charge on any atom is 0.422 e. The summed E-state index contributed by atoms with van der Waals surface area (Å²) >= 11 is 0. The summed E-state index contributed by atoms with van der Waals surface area (Å²) < 4.78 is 41.6. The van der Waals surface area contributed by atoms with E-state index >= 15 is 0 Å². The fourth-order valence-electron chi connectivity index (χ4n) is 3.64. The lowest BCUT2D eigenvalue weighted by Crippen LogP contribution is -2.38. The van der Waals surface area contributed by atoms with Gasteiger partial charge in [0.15, 0.2) is 6.61 Å². The van der Waals surface area contributed by atoms with Crippen LogP contribution in [0.2, 0.25) is 0 Å². The molecule has 0 saturated carbocycles. The van der Waals surface area contributed by atoms with Crippen molar-refractivity contribution >= 4 is 16.9 Å². The summed E-state index contributed by atoms with van der Waals surface area (Å²) in [6.45, 7) is -0.347. The summed E-state index contributed by atoms with van der Waals surface area (Å²) in [4.78, 5) is 25.8. The van der Waals surface area contributed by atoms with Gasteiger partial charge in [0.05, 0.1) is 0 Å². The number of amides is 1. The Bertz CT molecular complexity index is 1010. The largest absolute Gasteiger partial charge is 0.468 e. The molecule has 0 bridgehead atoms. The van der Waals surface area contributed by atoms with Gasteiger partial charge in [0.2, 0.25) is 5.88 Å². The number of piperidine rings is 1. The van der Waals surface area contributed by atoms with E-state index in [0.717, 1.165) is 23.9 Å². The van der Waals surface area contributed by atoms with Gasteiger partial charge in [-0.15, -0.1) is 0 Å². The third-order valence-corrected chi connectivity index (χ3v) is 5.03. The molecule has 6 nitrogen and oxygen atoms in total. The number of alkyl halides is 3. The average molecular weight is 404 g/mol. The van der Waals surface area contributed by atoms with Crippen molar-refractivity contribution in [3.63, 3.8) is 0 Å². The number of likely N-dealkylation sites (tertiary alicyclic amines) is 1. The number of aromatic amines is 1. The first-order valence-electron chi connectivity index (χ1n) is 9.28. The second-order valence-electron chi connectivity index (χ2n) is 6.97. The lowest BCUT2D eigenvalue weighted by atomic mass is 9.89. The Morgan fingerprint density at radius 3 is 2.76 bits per heavy atom. The van der Waals surface area contributed by atoms with Crippen LogP contribution in [0.1, 0.15) is 34.8 Å². The summed E-state index contributed by atoms with van der Waals surface area (Å²) in [6.07, 6.45) is 0.837. The molecule has 4 heterocycles. The molecule has 1 aliphatic rings. The highest BCUT2D eigenvalue weighted by atomic mass is 19.4. The first kappa shape index (κ1) is 19.2. The monoisotopic (exact) mass is 404 g/mol. The predicted molar refractivity (Wildman–Crippen MR) is 99.8 cm³/mol. The molecule has 4 rings (SSSR count). The minimum atomic E-state index is -4.46. The second kappa shape index (κ2) is 7.73. The normalized spacial score (nSPS) is 15.6. The van der Waals surface area contributed by atoms with E-state index in [1.54, 1.807) is 11.1 Å². The van der Waals surface area contributed by atoms with Gasteiger partial charge in [-0.2, -0.15) is 13.2 Å². The minimum absolute atomic E-state index is 0.0828. The van der Waals surface area contributed by atoms with Crippen molar-refractivity contribution < 1.29 is 22.7 Å². The van der Waals surface area contributed by atoms with Crippen LogP contribution in [0.4, 0.5) is 13.2 Å². The van der Waals surface area contributed by atoms with Crippen LogP contribution < -0.4 is 4.74 Å². The van der Waals surface area contributed by atoms with Crippen LogP contribution >= 0.6 is 0 Å². The molecule has 0 unspecified atom stereocenters. The van der Waals surface area contributed by atoms with Crippen molar-refractivity contribution in [1.29, 1.82) is 0 Å². The molecule has 3 aromatic heterocycles. The lowest BCUT2D eigenvalue weighted by molar-refractivity contribution is -0.154. The van der Waals surface area contributed by atoms with E-state index in [1.165, 1.54) is 23.8 Å². The number of hydrogen-bond donors (Lipinski definition) is 1. The predicted octanol–water partition coefficient (Wildman–Crippen LogP) is 3.92. The number of aromatic nitrogens is 3. The van der Waals surface area contributed by atoms with E-state index in [4.69, 9.17) is 0 Å². The first-order chi connectivity index (χ1) is 13.9. The Labute approximate surface area is 164 Å². The third kappa shape index (κ3) is 4.33. The number of pyridine rings is 2. The van der Waals surface area contributed by atoms with E-state index in [1.807, 2.05) is 18.3 Å². The molecule has 3 aromatic rings. The van der Waals surface area contributed by atoms with Crippen molar-refractivity contribution in [2.45, 2.75) is 24.9 Å². The van der Waals surface area contributed by atoms with Crippen LogP contribution in [0.25, 0.3) is 11.0 Å². The van der Waals surface area contributed by atoms with Crippen molar-refractivity contribution in [1.82, 2.24) is 19.9 Å². The quantitative estimate of drug-likeness (QED) is 0.716. The van der Waals surface area contributed by atoms with Crippen molar-refractivity contribution in [2.24, 2.45) is 0 Å². The average Bonchev–Trinajstić information content (AvgIpc) is 3.16. The van der Waals surface area contributed by atoms with Crippen LogP contribution in [-0.4, -0.2) is 51.6 Å². The van der Waals surface area contributed by atoms with Crippen LogP contribution in [-0.2, 0) is 0 Å². The van der Waals surface area contributed by atoms with E-state index in [-0.39, 0.29) is 17.5 Å². The SMILES string of the molecule is O=C(c1cccc(OCC(F)(F)F)n1)N1CCC(c2c[nH]c3ncccc23)CC1. The summed E-state index contributed by atoms with van der Waals surface area (Å²) in [5.74, 6) is -0.206. The molecule has 1 amide bonds. The number of H-pyrrole nitrogens is 1. The Morgan fingerprint density at radius 1 is 1.21 bits per heavy atom. The summed E-state index contributed by atoms with van der Waals surface area (Å²) in [5.41, 5.74) is 2.13. The van der Waals surface area contributed by atoms with E-state index in [0.29, 0.717) is 19.0 Å². The Morgan fingerprint density at radius 2 is 2.00 bits per heavy atom. The number of carbonyl (C=O) groups excluding carboxylic acids is 1. The summed E-state index contributed by atoms with van der Waals surface area (Å²) in [6, 6.07) is 8.19. The van der Waals surface area contributed by atoms with E-state index in [2.05, 4.69) is 19.7 Å². The molecule has 0 aromatic carbocycles. The fraction of sp³-hybridized carbons (Fsp3) is 0.350. The van der Waals surface area contributed by atoms with Gasteiger partial charge in [0.1, 0.15) is 11.3 Å². The maximum atomic E-state index is 12.7. The Hall–Kier alpha value is -3.10. The molecule has 0 radical (unpaired) electrons. The zero-order valence-corrected chi connectivity index (χ0v) is 15.4. The number of rotatable bonds is 4. The van der Waals surface area contributed by atoms with Crippen LogP contribution in [0, 0.1) is 0 Å². The number of fused-ring (bicyclic) bond motifs is 1. The lowest BCUT2D eigenvalue weighted by Gasteiger charge is -2.31. The molecule has 29 heavy (non-hydrogen) atoms. The Balaban J connectivity index is 1.40. The molecule has 9 heteroatoms. The van der Waals surface area contributed by atoms with Gasteiger partial charge in [-0.1, -0.05) is 6.07 Å². The van der Waals surface area contributed by atoms with E-state index < -0.39 is 12.8 Å². The standard InChI is InChI=1S/C20H19F3N4O2/c21-20(22,23)12-29-17-5-1-4-16(26-17)19(28)27-9-6-13(7-10-27)15-11-25-18-14(15)3-2-8-24-18/h1-5,8,11,13H,6-7,9-10,12H2,(H,24,25). The van der Waals surface area contributed by atoms with Crippen LogP contribution in [0.5, 0.6) is 5.88 Å². The zero-order chi connectivity index (χ0) is 20.4. The van der Waals surface area contributed by atoms with Gasteiger partial charge in [0, 0.05) is 36.9 Å². The molecule has 1 fully saturated rings. The molecule has 0 atom stereocenters. The van der Waals surface area contributed by atoms with Crippen LogP contribution in [0.3, 0.4) is 0 Å². The van der Waals surface area contributed by atoms with Gasteiger partial charge < -0.3 is 14.6 Å². The van der Waals surface area contributed by atoms with Gasteiger partial charge >= 0.3 is 6.18 Å². The molecule has 1 N–H and O–H groups in total. The molecule has 1 aliphatic heterocycles. The molecule has 0 aliphatic carbocycles. The topological polar surface area (TPSA) is 71.1 Å². The summed E-state index contributed by atoms with van der Waals surface area (Å²) in [5, 5.41) is 1.09. The summed E-state index contributed by atoms with van der Waals surface area (Å²) in [7, 11) is 0. The first-order valence-corrected chi connectivity index (χ1v) is 9.28. The van der Waals surface area contributed by atoms with Crippen molar-refractivity contribution in [3.05, 3.63) is 54.0 Å². The molecule has 0 spiro atoms. The number of carbonyl (C=O) groups is 1. The number of halogens is 3. The smallest absolute Gasteiger partial charge is 0.422 e. The van der Waals surface area contributed by atoms with Gasteiger partial charge in [-0.05, 0) is 42.5 Å². The van der Waals surface area contributed by atoms with Gasteiger partial charge in [-0.25, -0.2) is 9.97 Å². The Kier molecular flexibility index (Phi) is 5.12. The molecule has 152 valence electrons. The van der Waals surface area contributed by atoms with Gasteiger partial charge in [-0.3, -0.25) is 4.79 Å². The number of nitrogens with zero attached hydrogens (tertiary/aromatic N) is 3. The highest BCUT2D eigenvalue weighted by molar-refractivity contribution is 5.92. The second-order valence-corrected chi connectivity index (χ2v) is 6.97. The minimum Gasteiger partial charge on any atom is -0.468 e. The van der Waals surface area contributed by atoms with Crippen LogP contribution in [0.15, 0.2) is 42.7 Å². The molecule has 1 saturated heterocycles. The zero-order valence-electron chi connectivity index (χ0n) is 15.4. The van der Waals surface area contributed by atoms with Crippen molar-refractivity contribution in [2.75, 3.05) is 19.7 Å². The molecular formula is C20H19F3N4O2. The van der Waals surface area contributed by atoms with Gasteiger partial charge in [0.25, 0.3) is 5.91 Å². The maximum absolute atomic E-state index is 12.7. The highest BCUT2D eigenvalue weighted by Gasteiger charge is 2.29. The number of ether oxygens (including phenoxy) is 1. The molecular weight excluding hydrogens is 385 g/mol. The number of nitrogens with one attached hydrogen (secondary N) is 1.